The van der Waals surface area contributed by atoms with E-state index in [-0.39, 0.29) is 24.0 Å². The molecule has 1 saturated carbocycles. The van der Waals surface area contributed by atoms with E-state index in [1.807, 2.05) is 0 Å². The summed E-state index contributed by atoms with van der Waals surface area (Å²) >= 11 is 0. The number of hydrogen-bond acceptors (Lipinski definition) is 2. The summed E-state index contributed by atoms with van der Waals surface area (Å²) in [4.78, 5) is 10.9. The van der Waals surface area contributed by atoms with Crippen LogP contribution in [0.1, 0.15) is 52.9 Å². The van der Waals surface area contributed by atoms with Gasteiger partial charge in [0.1, 0.15) is 0 Å². The fourth-order valence-electron chi connectivity index (χ4n) is 3.54. The molecule has 4 heteroatoms. The van der Waals surface area contributed by atoms with Crippen LogP contribution in [0.2, 0.25) is 0 Å². The minimum Gasteiger partial charge on any atom is -0.465 e. The fraction of sp³-hybridized carbons (Fsp3) is 0.929. The highest BCUT2D eigenvalue weighted by Crippen LogP contribution is 2.41. The molecular weight excluding hydrogens is 230 g/mol. The first-order valence-corrected chi connectivity index (χ1v) is 6.96. The predicted molar refractivity (Wildman–Crippen MR) is 71.6 cm³/mol. The van der Waals surface area contributed by atoms with Crippen LogP contribution in [0.25, 0.3) is 0 Å². The van der Waals surface area contributed by atoms with Crippen LogP contribution in [0.5, 0.6) is 0 Å². The van der Waals surface area contributed by atoms with Gasteiger partial charge in [-0.15, -0.1) is 0 Å². The second kappa shape index (κ2) is 6.41. The monoisotopic (exact) mass is 257 g/mol. The molecule has 1 aliphatic rings. The molecule has 1 fully saturated rings. The van der Waals surface area contributed by atoms with Crippen LogP contribution in [0.3, 0.4) is 0 Å². The first-order valence-electron chi connectivity index (χ1n) is 6.96. The quantitative estimate of drug-likeness (QED) is 0.725. The van der Waals surface area contributed by atoms with Crippen molar-refractivity contribution in [1.29, 1.82) is 0 Å². The Kier molecular flexibility index (Phi) is 5.45. The van der Waals surface area contributed by atoms with E-state index < -0.39 is 6.09 Å². The Morgan fingerprint density at radius 2 is 1.83 bits per heavy atom. The Bertz CT molecular complexity index is 267. The predicted octanol–water partition coefficient (Wildman–Crippen LogP) is 2.86. The van der Waals surface area contributed by atoms with Gasteiger partial charge in [-0.05, 0) is 17.3 Å². The second-order valence-corrected chi connectivity index (χ2v) is 6.53. The van der Waals surface area contributed by atoms with E-state index >= 15 is 0 Å². The Morgan fingerprint density at radius 3 is 2.22 bits per heavy atom. The number of nitrogens with one attached hydrogen (secondary N) is 1. The minimum atomic E-state index is -1.04. The molecule has 1 rings (SSSR count). The summed E-state index contributed by atoms with van der Waals surface area (Å²) < 4.78 is 0. The summed E-state index contributed by atoms with van der Waals surface area (Å²) in [5.41, 5.74) is -0.00213. The lowest BCUT2D eigenvalue weighted by Gasteiger charge is -2.43. The minimum absolute atomic E-state index is 0.00213. The zero-order valence-electron chi connectivity index (χ0n) is 11.8. The number of carbonyl (C=O) groups is 1. The van der Waals surface area contributed by atoms with Gasteiger partial charge in [0, 0.05) is 0 Å². The molecular formula is C14H27NO3. The van der Waals surface area contributed by atoms with Gasteiger partial charge in [-0.3, -0.25) is 0 Å². The summed E-state index contributed by atoms with van der Waals surface area (Å²) in [6.45, 7) is 6.29. The van der Waals surface area contributed by atoms with Gasteiger partial charge < -0.3 is 15.5 Å². The lowest BCUT2D eigenvalue weighted by molar-refractivity contribution is 0.0557. The summed E-state index contributed by atoms with van der Waals surface area (Å²) in [6.07, 6.45) is 4.99. The Hall–Kier alpha value is -0.770. The number of amides is 1. The van der Waals surface area contributed by atoms with Crippen LogP contribution < -0.4 is 5.32 Å². The van der Waals surface area contributed by atoms with Gasteiger partial charge in [0.05, 0.1) is 12.6 Å². The van der Waals surface area contributed by atoms with Gasteiger partial charge in [0.2, 0.25) is 0 Å². The molecule has 2 atom stereocenters. The van der Waals surface area contributed by atoms with Crippen molar-refractivity contribution in [2.45, 2.75) is 58.9 Å². The number of carboxylic acid groups (broad SMARTS) is 1. The lowest BCUT2D eigenvalue weighted by Crippen LogP contribution is -2.50. The highest BCUT2D eigenvalue weighted by Gasteiger charge is 2.38. The normalized spacial score (nSPS) is 21.3. The summed E-state index contributed by atoms with van der Waals surface area (Å²) in [5.74, 6) is 0.710. The van der Waals surface area contributed by atoms with Crippen molar-refractivity contribution >= 4 is 6.09 Å². The van der Waals surface area contributed by atoms with E-state index in [1.54, 1.807) is 0 Å². The van der Waals surface area contributed by atoms with E-state index in [0.717, 1.165) is 12.8 Å². The van der Waals surface area contributed by atoms with Gasteiger partial charge in [-0.2, -0.15) is 0 Å². The molecule has 0 aromatic carbocycles. The van der Waals surface area contributed by atoms with Crippen molar-refractivity contribution in [2.75, 3.05) is 6.61 Å². The topological polar surface area (TPSA) is 69.6 Å². The Balaban J connectivity index is 2.84. The van der Waals surface area contributed by atoms with Crippen LogP contribution >= 0.6 is 0 Å². The van der Waals surface area contributed by atoms with Crippen molar-refractivity contribution in [3.05, 3.63) is 0 Å². The summed E-state index contributed by atoms with van der Waals surface area (Å²) in [7, 11) is 0. The SMILES string of the molecule is CC(C)(C)[C@H](C1CCCCC1)C(CO)NC(=O)O. The molecule has 0 aromatic heterocycles. The van der Waals surface area contributed by atoms with Crippen LogP contribution in [0.15, 0.2) is 0 Å². The zero-order valence-corrected chi connectivity index (χ0v) is 11.8. The Labute approximate surface area is 110 Å². The molecule has 3 N–H and O–H groups in total. The van der Waals surface area contributed by atoms with Gasteiger partial charge >= 0.3 is 6.09 Å². The molecule has 1 aliphatic carbocycles. The molecule has 0 bridgehead atoms. The van der Waals surface area contributed by atoms with Gasteiger partial charge in [-0.25, -0.2) is 4.79 Å². The van der Waals surface area contributed by atoms with E-state index in [4.69, 9.17) is 5.11 Å². The molecule has 0 heterocycles. The van der Waals surface area contributed by atoms with Crippen molar-refractivity contribution in [1.82, 2.24) is 5.32 Å². The van der Waals surface area contributed by atoms with Gasteiger partial charge in [-0.1, -0.05) is 52.9 Å². The third-order valence-electron chi connectivity index (χ3n) is 4.10. The standard InChI is InChI=1S/C14H27NO3/c1-14(2,3)12(10-7-5-4-6-8-10)11(9-16)15-13(17)18/h10-12,15-16H,4-9H2,1-3H3,(H,17,18)/t11?,12-/m1/s1. The molecule has 0 aromatic rings. The molecule has 0 aliphatic heterocycles. The molecule has 0 spiro atoms. The maximum Gasteiger partial charge on any atom is 0.404 e. The number of rotatable bonds is 4. The number of hydrogen-bond donors (Lipinski definition) is 3. The first-order chi connectivity index (χ1) is 8.36. The summed E-state index contributed by atoms with van der Waals surface area (Å²) in [5, 5.41) is 20.9. The molecule has 4 nitrogen and oxygen atoms in total. The maximum atomic E-state index is 10.9. The smallest absolute Gasteiger partial charge is 0.404 e. The third-order valence-corrected chi connectivity index (χ3v) is 4.10. The number of aliphatic hydroxyl groups is 1. The van der Waals surface area contributed by atoms with Gasteiger partial charge in [0.25, 0.3) is 0 Å². The van der Waals surface area contributed by atoms with Crippen LogP contribution in [-0.2, 0) is 0 Å². The van der Waals surface area contributed by atoms with E-state index in [1.165, 1.54) is 19.3 Å². The molecule has 0 radical (unpaired) electrons. The fourth-order valence-corrected chi connectivity index (χ4v) is 3.54. The highest BCUT2D eigenvalue weighted by atomic mass is 16.4. The molecule has 0 saturated heterocycles. The third kappa shape index (κ3) is 4.16. The van der Waals surface area contributed by atoms with E-state index in [9.17, 15) is 9.90 Å². The maximum absolute atomic E-state index is 10.9. The second-order valence-electron chi connectivity index (χ2n) is 6.53. The van der Waals surface area contributed by atoms with E-state index in [2.05, 4.69) is 26.1 Å². The van der Waals surface area contributed by atoms with Crippen LogP contribution in [-0.4, -0.2) is 29.0 Å². The lowest BCUT2D eigenvalue weighted by atomic mass is 9.65. The summed E-state index contributed by atoms with van der Waals surface area (Å²) in [6, 6.07) is -0.356. The van der Waals surface area contributed by atoms with Crippen molar-refractivity contribution < 1.29 is 15.0 Å². The van der Waals surface area contributed by atoms with Crippen molar-refractivity contribution in [3.63, 3.8) is 0 Å². The van der Waals surface area contributed by atoms with Gasteiger partial charge in [0.15, 0.2) is 0 Å². The average Bonchev–Trinajstić information content (AvgIpc) is 2.27. The van der Waals surface area contributed by atoms with Crippen molar-refractivity contribution in [2.24, 2.45) is 17.3 Å². The Morgan fingerprint density at radius 1 is 1.28 bits per heavy atom. The first kappa shape index (κ1) is 15.3. The molecule has 1 unspecified atom stereocenters. The van der Waals surface area contributed by atoms with E-state index in [0.29, 0.717) is 5.92 Å². The van der Waals surface area contributed by atoms with Crippen LogP contribution in [0, 0.1) is 17.3 Å². The largest absolute Gasteiger partial charge is 0.465 e. The zero-order chi connectivity index (χ0) is 13.8. The molecule has 18 heavy (non-hydrogen) atoms. The highest BCUT2D eigenvalue weighted by molar-refractivity contribution is 5.64. The molecule has 1 amide bonds. The average molecular weight is 257 g/mol. The molecule has 106 valence electrons. The van der Waals surface area contributed by atoms with Crippen LogP contribution in [0.4, 0.5) is 4.79 Å². The van der Waals surface area contributed by atoms with Crippen molar-refractivity contribution in [3.8, 4) is 0 Å². The number of aliphatic hydroxyl groups excluding tert-OH is 1.